The number of allylic oxidation sites excluding steroid dienone is 2. The van der Waals surface area contributed by atoms with E-state index in [1.54, 1.807) is 12.3 Å². The molecule has 3 amide bonds. The third-order valence-electron chi connectivity index (χ3n) is 5.19. The Bertz CT molecular complexity index is 839. The van der Waals surface area contributed by atoms with Crippen LogP contribution in [0.2, 0.25) is 0 Å². The van der Waals surface area contributed by atoms with Gasteiger partial charge in [0.15, 0.2) is 5.13 Å². The van der Waals surface area contributed by atoms with E-state index in [0.29, 0.717) is 35.4 Å². The number of aryl methyl sites for hydroxylation is 1. The number of nitrogens with one attached hydrogen (secondary N) is 1. The molecule has 0 aromatic carbocycles. The number of aliphatic imine (C=N–C) groups is 1. The standard InChI is InChI=1S/C19H26N6O2S/c1-11(13-5-3-6-13)22-9-8-14(20)16-12(2)23-18(28-16)24-19(27)25-10-4-7-15(25)17(21)26/h8-9,13,15H,1,3-7,10,20H2,2H3,(H2,21,26)(H,23,24,27)/b14-8-,22-9-/t15-/m0/s1. The molecule has 2 fully saturated rings. The molecule has 1 aliphatic carbocycles. The molecule has 1 atom stereocenters. The van der Waals surface area contributed by atoms with Gasteiger partial charge in [-0.15, -0.1) is 0 Å². The number of hydrogen-bond donors (Lipinski definition) is 3. The highest BCUT2D eigenvalue weighted by Crippen LogP contribution is 2.32. The van der Waals surface area contributed by atoms with Crippen molar-refractivity contribution in [2.24, 2.45) is 22.4 Å². The van der Waals surface area contributed by atoms with E-state index >= 15 is 0 Å². The molecule has 8 nitrogen and oxygen atoms in total. The zero-order valence-electron chi connectivity index (χ0n) is 16.0. The number of nitrogens with two attached hydrogens (primary N) is 2. The second-order valence-corrected chi connectivity index (χ2v) is 8.14. The normalized spacial score (nSPS) is 20.4. The Kier molecular flexibility index (Phi) is 6.13. The second kappa shape index (κ2) is 8.55. The Morgan fingerprint density at radius 1 is 1.32 bits per heavy atom. The summed E-state index contributed by atoms with van der Waals surface area (Å²) in [5.74, 6) is 0.00579. The Hall–Kier alpha value is -2.68. The van der Waals surface area contributed by atoms with Crippen LogP contribution in [0.3, 0.4) is 0 Å². The maximum absolute atomic E-state index is 12.5. The van der Waals surface area contributed by atoms with Crippen LogP contribution < -0.4 is 16.8 Å². The molecular formula is C19H26N6O2S. The van der Waals surface area contributed by atoms with E-state index in [4.69, 9.17) is 11.5 Å². The molecule has 0 bridgehead atoms. The number of urea groups is 1. The summed E-state index contributed by atoms with van der Waals surface area (Å²) in [7, 11) is 0. The molecule has 28 heavy (non-hydrogen) atoms. The molecule has 1 aromatic rings. The van der Waals surface area contributed by atoms with Crippen LogP contribution in [0.1, 0.15) is 42.7 Å². The highest BCUT2D eigenvalue weighted by atomic mass is 32.1. The van der Waals surface area contributed by atoms with E-state index in [-0.39, 0.29) is 6.03 Å². The zero-order valence-corrected chi connectivity index (χ0v) is 16.8. The Morgan fingerprint density at radius 3 is 2.71 bits per heavy atom. The minimum absolute atomic E-state index is 0.373. The highest BCUT2D eigenvalue weighted by Gasteiger charge is 2.33. The van der Waals surface area contributed by atoms with Gasteiger partial charge in [0.05, 0.1) is 16.3 Å². The van der Waals surface area contributed by atoms with Gasteiger partial charge in [0.25, 0.3) is 0 Å². The van der Waals surface area contributed by atoms with Crippen LogP contribution in [-0.4, -0.2) is 40.6 Å². The summed E-state index contributed by atoms with van der Waals surface area (Å²) in [6.45, 7) is 6.32. The van der Waals surface area contributed by atoms with Crippen molar-refractivity contribution in [2.75, 3.05) is 11.9 Å². The average molecular weight is 403 g/mol. The minimum Gasteiger partial charge on any atom is -0.397 e. The average Bonchev–Trinajstić information content (AvgIpc) is 3.20. The van der Waals surface area contributed by atoms with Crippen molar-refractivity contribution in [3.05, 3.63) is 28.9 Å². The number of rotatable bonds is 6. The smallest absolute Gasteiger partial charge is 0.324 e. The minimum atomic E-state index is -0.564. The first-order chi connectivity index (χ1) is 13.4. The number of likely N-dealkylation sites (tertiary alicyclic amines) is 1. The summed E-state index contributed by atoms with van der Waals surface area (Å²) in [4.78, 5) is 34.9. The van der Waals surface area contributed by atoms with Crippen molar-refractivity contribution >= 4 is 40.3 Å². The molecular weight excluding hydrogens is 376 g/mol. The van der Waals surface area contributed by atoms with Crippen molar-refractivity contribution < 1.29 is 9.59 Å². The van der Waals surface area contributed by atoms with Gasteiger partial charge in [-0.05, 0) is 38.7 Å². The van der Waals surface area contributed by atoms with Crippen LogP contribution in [0.15, 0.2) is 23.3 Å². The van der Waals surface area contributed by atoms with Gasteiger partial charge in [-0.25, -0.2) is 9.78 Å². The molecule has 0 spiro atoms. The lowest BCUT2D eigenvalue weighted by molar-refractivity contribution is -0.121. The Morgan fingerprint density at radius 2 is 2.07 bits per heavy atom. The van der Waals surface area contributed by atoms with Gasteiger partial charge >= 0.3 is 6.03 Å². The van der Waals surface area contributed by atoms with Gasteiger partial charge < -0.3 is 16.4 Å². The fraction of sp³-hybridized carbons (Fsp3) is 0.474. The number of carbonyl (C=O) groups is 2. The third kappa shape index (κ3) is 4.41. The lowest BCUT2D eigenvalue weighted by Crippen LogP contribution is -2.45. The maximum Gasteiger partial charge on any atom is 0.324 e. The summed E-state index contributed by atoms with van der Waals surface area (Å²) < 4.78 is 0. The van der Waals surface area contributed by atoms with Crippen molar-refractivity contribution in [1.29, 1.82) is 0 Å². The summed E-state index contributed by atoms with van der Waals surface area (Å²) >= 11 is 1.28. The Balaban J connectivity index is 1.64. The number of carbonyl (C=O) groups excluding carboxylic acids is 2. The van der Waals surface area contributed by atoms with E-state index in [0.717, 1.165) is 29.8 Å². The van der Waals surface area contributed by atoms with Crippen LogP contribution in [-0.2, 0) is 4.79 Å². The fourth-order valence-electron chi connectivity index (χ4n) is 3.32. The number of primary amides is 1. The van der Waals surface area contributed by atoms with Crippen LogP contribution in [0.5, 0.6) is 0 Å². The first-order valence-corrected chi connectivity index (χ1v) is 10.2. The molecule has 3 rings (SSSR count). The van der Waals surface area contributed by atoms with Crippen molar-refractivity contribution in [3.8, 4) is 0 Å². The molecule has 1 aromatic heterocycles. The molecule has 9 heteroatoms. The largest absolute Gasteiger partial charge is 0.397 e. The SMILES string of the molecule is C=C(/N=C\C=C(/N)c1sc(NC(=O)N2CCC[C@H]2C(N)=O)nc1C)C1CCC1. The molecule has 5 N–H and O–H groups in total. The maximum atomic E-state index is 12.5. The quantitative estimate of drug-likeness (QED) is 0.632. The molecule has 2 heterocycles. The van der Waals surface area contributed by atoms with Crippen LogP contribution >= 0.6 is 11.3 Å². The van der Waals surface area contributed by atoms with Crippen molar-refractivity contribution in [3.63, 3.8) is 0 Å². The van der Waals surface area contributed by atoms with Crippen LogP contribution in [0.25, 0.3) is 5.70 Å². The fourth-order valence-corrected chi connectivity index (χ4v) is 4.22. The van der Waals surface area contributed by atoms with Gasteiger partial charge in [-0.1, -0.05) is 24.3 Å². The molecule has 1 aliphatic heterocycles. The van der Waals surface area contributed by atoms with Gasteiger partial charge in [0, 0.05) is 24.4 Å². The summed E-state index contributed by atoms with van der Waals surface area (Å²) in [6.07, 6.45) is 8.27. The monoisotopic (exact) mass is 402 g/mol. The van der Waals surface area contributed by atoms with E-state index in [1.165, 1.54) is 22.7 Å². The van der Waals surface area contributed by atoms with E-state index < -0.39 is 11.9 Å². The van der Waals surface area contributed by atoms with Gasteiger partial charge in [0.2, 0.25) is 5.91 Å². The molecule has 1 saturated heterocycles. The summed E-state index contributed by atoms with van der Waals surface area (Å²) in [5, 5.41) is 3.18. The summed E-state index contributed by atoms with van der Waals surface area (Å²) in [6, 6.07) is -0.937. The molecule has 0 radical (unpaired) electrons. The van der Waals surface area contributed by atoms with Gasteiger partial charge in [-0.3, -0.25) is 15.1 Å². The van der Waals surface area contributed by atoms with E-state index in [1.807, 2.05) is 6.92 Å². The first kappa shape index (κ1) is 20.1. The zero-order chi connectivity index (χ0) is 20.3. The van der Waals surface area contributed by atoms with E-state index in [2.05, 4.69) is 21.9 Å². The predicted octanol–water partition coefficient (Wildman–Crippen LogP) is 2.62. The number of thiazole rings is 1. The van der Waals surface area contributed by atoms with Crippen molar-refractivity contribution in [1.82, 2.24) is 9.88 Å². The Labute approximate surface area is 168 Å². The number of aromatic nitrogens is 1. The molecule has 2 aliphatic rings. The van der Waals surface area contributed by atoms with Gasteiger partial charge in [-0.2, -0.15) is 0 Å². The third-order valence-corrected chi connectivity index (χ3v) is 6.31. The first-order valence-electron chi connectivity index (χ1n) is 9.40. The molecule has 0 unspecified atom stereocenters. The lowest BCUT2D eigenvalue weighted by Gasteiger charge is -2.24. The molecule has 150 valence electrons. The number of anilines is 1. The van der Waals surface area contributed by atoms with E-state index in [9.17, 15) is 9.59 Å². The summed E-state index contributed by atoms with van der Waals surface area (Å²) in [5.41, 5.74) is 13.7. The second-order valence-electron chi connectivity index (χ2n) is 7.14. The highest BCUT2D eigenvalue weighted by molar-refractivity contribution is 7.16. The number of amides is 3. The number of nitrogens with zero attached hydrogens (tertiary/aromatic N) is 3. The van der Waals surface area contributed by atoms with Gasteiger partial charge in [0.1, 0.15) is 6.04 Å². The number of hydrogen-bond acceptors (Lipinski definition) is 6. The predicted molar refractivity (Wildman–Crippen MR) is 112 cm³/mol. The van der Waals surface area contributed by atoms with Crippen molar-refractivity contribution in [2.45, 2.75) is 45.1 Å². The van der Waals surface area contributed by atoms with Crippen LogP contribution in [0.4, 0.5) is 9.93 Å². The molecule has 1 saturated carbocycles. The van der Waals surface area contributed by atoms with Crippen LogP contribution in [0, 0.1) is 12.8 Å². The lowest BCUT2D eigenvalue weighted by atomic mass is 9.83. The topological polar surface area (TPSA) is 127 Å².